The number of fused-ring (bicyclic) bond motifs is 2. The number of piperidine rings is 1. The van der Waals surface area contributed by atoms with Crippen molar-refractivity contribution in [1.29, 1.82) is 0 Å². The number of rotatable bonds is 9. The van der Waals surface area contributed by atoms with Crippen LogP contribution < -0.4 is 4.72 Å². The van der Waals surface area contributed by atoms with Gasteiger partial charge in [-0.3, -0.25) is 4.72 Å². The Bertz CT molecular complexity index is 1370. The highest BCUT2D eigenvalue weighted by Crippen LogP contribution is 2.23. The maximum absolute atomic E-state index is 12.8. The monoisotopic (exact) mass is 475 g/mol. The molecule has 3 aromatic carbocycles. The maximum atomic E-state index is 12.8. The summed E-state index contributed by atoms with van der Waals surface area (Å²) in [5.74, 6) is 0.0521. The second-order valence-electron chi connectivity index (χ2n) is 9.35. The number of aromatic nitrogens is 1. The Kier molecular flexibility index (Phi) is 6.88. The third-order valence-electron chi connectivity index (χ3n) is 6.89. The molecule has 1 aliphatic rings. The van der Waals surface area contributed by atoms with E-state index in [1.54, 1.807) is 0 Å². The minimum absolute atomic E-state index is 0.0521. The number of nitrogens with one attached hydrogen (secondary N) is 1. The highest BCUT2D eigenvalue weighted by molar-refractivity contribution is 7.92. The molecule has 2 heterocycles. The fraction of sp³-hybridized carbons (Fsp3) is 0.357. The van der Waals surface area contributed by atoms with Gasteiger partial charge in [-0.05, 0) is 85.9 Å². The van der Waals surface area contributed by atoms with E-state index in [0.717, 1.165) is 46.7 Å². The van der Waals surface area contributed by atoms with Crippen LogP contribution in [0, 0.1) is 0 Å². The van der Waals surface area contributed by atoms with Crippen LogP contribution in [0.25, 0.3) is 21.7 Å². The van der Waals surface area contributed by atoms with Crippen molar-refractivity contribution < 1.29 is 8.42 Å². The fourth-order valence-electron chi connectivity index (χ4n) is 5.09. The Balaban J connectivity index is 1.21. The lowest BCUT2D eigenvalue weighted by atomic mass is 10.0. The molecule has 34 heavy (non-hydrogen) atoms. The summed E-state index contributed by atoms with van der Waals surface area (Å²) in [6, 6.07) is 22.1. The molecule has 0 aliphatic carbocycles. The Labute approximate surface area is 202 Å². The van der Waals surface area contributed by atoms with Crippen LogP contribution in [-0.4, -0.2) is 43.3 Å². The first-order valence-electron chi connectivity index (χ1n) is 12.4. The average Bonchev–Trinajstić information content (AvgIpc) is 3.25. The van der Waals surface area contributed by atoms with E-state index in [-0.39, 0.29) is 5.75 Å². The second kappa shape index (κ2) is 10.2. The van der Waals surface area contributed by atoms with Crippen molar-refractivity contribution in [1.82, 2.24) is 9.47 Å². The molecule has 1 aliphatic heterocycles. The van der Waals surface area contributed by atoms with Gasteiger partial charge in [0.05, 0.1) is 5.75 Å². The lowest BCUT2D eigenvalue weighted by Crippen LogP contribution is -2.31. The molecule has 0 amide bonds. The van der Waals surface area contributed by atoms with Gasteiger partial charge >= 0.3 is 0 Å². The van der Waals surface area contributed by atoms with Crippen molar-refractivity contribution in [2.75, 3.05) is 30.1 Å². The molecule has 4 aromatic rings. The minimum atomic E-state index is -3.45. The summed E-state index contributed by atoms with van der Waals surface area (Å²) in [7, 11) is -3.45. The summed E-state index contributed by atoms with van der Waals surface area (Å²) in [5, 5.41) is 3.31. The van der Waals surface area contributed by atoms with Crippen molar-refractivity contribution in [2.45, 2.75) is 38.6 Å². The van der Waals surface area contributed by atoms with E-state index in [0.29, 0.717) is 12.1 Å². The lowest BCUT2D eigenvalue weighted by Gasteiger charge is -2.26. The molecule has 1 aromatic heterocycles. The minimum Gasteiger partial charge on any atom is -0.347 e. The van der Waals surface area contributed by atoms with Crippen LogP contribution in [0.3, 0.4) is 0 Å². The molecule has 0 unspecified atom stereocenters. The first kappa shape index (κ1) is 22.9. The number of hydrogen-bond donors (Lipinski definition) is 1. The van der Waals surface area contributed by atoms with Crippen molar-refractivity contribution in [3.63, 3.8) is 0 Å². The Morgan fingerprint density at radius 1 is 0.824 bits per heavy atom. The van der Waals surface area contributed by atoms with E-state index in [1.165, 1.54) is 32.4 Å². The molecule has 5 nitrogen and oxygen atoms in total. The number of sulfonamides is 1. The van der Waals surface area contributed by atoms with Crippen LogP contribution >= 0.6 is 0 Å². The van der Waals surface area contributed by atoms with E-state index in [1.807, 2.05) is 42.5 Å². The number of aryl methyl sites for hydroxylation is 2. The first-order valence-corrected chi connectivity index (χ1v) is 14.0. The smallest absolute Gasteiger partial charge is 0.233 e. The molecule has 178 valence electrons. The highest BCUT2D eigenvalue weighted by atomic mass is 32.2. The zero-order chi connectivity index (χ0) is 23.4. The summed E-state index contributed by atoms with van der Waals surface area (Å²) < 4.78 is 30.7. The van der Waals surface area contributed by atoms with Crippen LogP contribution in [0.4, 0.5) is 5.69 Å². The van der Waals surface area contributed by atoms with E-state index >= 15 is 0 Å². The molecule has 5 rings (SSSR count). The zero-order valence-corrected chi connectivity index (χ0v) is 20.4. The van der Waals surface area contributed by atoms with Gasteiger partial charge < -0.3 is 9.47 Å². The van der Waals surface area contributed by atoms with E-state index in [4.69, 9.17) is 0 Å². The average molecular weight is 476 g/mol. The molecule has 1 fully saturated rings. The predicted molar refractivity (Wildman–Crippen MR) is 142 cm³/mol. The van der Waals surface area contributed by atoms with Gasteiger partial charge in [-0.1, -0.05) is 48.9 Å². The Morgan fingerprint density at radius 2 is 1.65 bits per heavy atom. The third kappa shape index (κ3) is 5.45. The van der Waals surface area contributed by atoms with Crippen LogP contribution in [0.15, 0.2) is 72.9 Å². The van der Waals surface area contributed by atoms with Gasteiger partial charge in [-0.15, -0.1) is 0 Å². The fourth-order valence-corrected chi connectivity index (χ4v) is 6.17. The molecule has 0 bridgehead atoms. The normalized spacial score (nSPS) is 15.2. The van der Waals surface area contributed by atoms with Gasteiger partial charge in [-0.2, -0.15) is 0 Å². The molecule has 0 saturated carbocycles. The summed E-state index contributed by atoms with van der Waals surface area (Å²) in [5.41, 5.74) is 2.83. The molecule has 0 radical (unpaired) electrons. The standard InChI is InChI=1S/C28H33N3O2S/c32-34(33,21-15-24-10-6-9-23-8-2-3-11-27(23)24)29-26-12-13-28-25(22-26)14-20-31(28)19-7-18-30-16-4-1-5-17-30/h2-3,6,8-14,20,22,29H,1,4-5,7,15-19,21H2. The number of likely N-dealkylation sites (tertiary alicyclic amines) is 1. The number of nitrogens with zero attached hydrogens (tertiary/aromatic N) is 2. The van der Waals surface area contributed by atoms with Crippen LogP contribution in [0.5, 0.6) is 0 Å². The molecular formula is C28H33N3O2S. The quantitative estimate of drug-likeness (QED) is 0.340. The van der Waals surface area contributed by atoms with Gasteiger partial charge in [0.25, 0.3) is 0 Å². The zero-order valence-electron chi connectivity index (χ0n) is 19.6. The second-order valence-corrected chi connectivity index (χ2v) is 11.2. The summed E-state index contributed by atoms with van der Waals surface area (Å²) in [6.07, 6.45) is 7.74. The van der Waals surface area contributed by atoms with Gasteiger partial charge in [0.1, 0.15) is 0 Å². The largest absolute Gasteiger partial charge is 0.347 e. The maximum Gasteiger partial charge on any atom is 0.233 e. The van der Waals surface area contributed by atoms with Crippen LogP contribution in [-0.2, 0) is 23.0 Å². The van der Waals surface area contributed by atoms with Crippen molar-refractivity contribution in [2.24, 2.45) is 0 Å². The Hall–Kier alpha value is -2.83. The van der Waals surface area contributed by atoms with Gasteiger partial charge in [-0.25, -0.2) is 8.42 Å². The van der Waals surface area contributed by atoms with E-state index < -0.39 is 10.0 Å². The van der Waals surface area contributed by atoms with Gasteiger partial charge in [0.15, 0.2) is 0 Å². The highest BCUT2D eigenvalue weighted by Gasteiger charge is 2.14. The van der Waals surface area contributed by atoms with Crippen molar-refractivity contribution in [3.8, 4) is 0 Å². The van der Waals surface area contributed by atoms with Gasteiger partial charge in [0.2, 0.25) is 10.0 Å². The molecule has 0 spiro atoms. The summed E-state index contributed by atoms with van der Waals surface area (Å²) in [6.45, 7) is 4.59. The van der Waals surface area contributed by atoms with Crippen molar-refractivity contribution >= 4 is 37.4 Å². The summed E-state index contributed by atoms with van der Waals surface area (Å²) >= 11 is 0. The lowest BCUT2D eigenvalue weighted by molar-refractivity contribution is 0.223. The first-order chi connectivity index (χ1) is 16.6. The topological polar surface area (TPSA) is 54.3 Å². The molecule has 1 N–H and O–H groups in total. The van der Waals surface area contributed by atoms with E-state index in [9.17, 15) is 8.42 Å². The molecule has 6 heteroatoms. The Morgan fingerprint density at radius 3 is 2.53 bits per heavy atom. The van der Waals surface area contributed by atoms with Crippen molar-refractivity contribution in [3.05, 3.63) is 78.5 Å². The number of hydrogen-bond acceptors (Lipinski definition) is 3. The predicted octanol–water partition coefficient (Wildman–Crippen LogP) is 5.65. The SMILES string of the molecule is O=S(=O)(CCc1cccc2ccccc12)Nc1ccc2c(ccn2CCCN2CCCCC2)c1. The summed E-state index contributed by atoms with van der Waals surface area (Å²) in [4.78, 5) is 2.57. The molecular weight excluding hydrogens is 442 g/mol. The van der Waals surface area contributed by atoms with Gasteiger partial charge in [0, 0.05) is 29.3 Å². The number of benzene rings is 3. The third-order valence-corrected chi connectivity index (χ3v) is 8.17. The van der Waals surface area contributed by atoms with Crippen LogP contribution in [0.1, 0.15) is 31.2 Å². The number of anilines is 1. The molecule has 1 saturated heterocycles. The molecule has 0 atom stereocenters. The van der Waals surface area contributed by atoms with E-state index in [2.05, 4.69) is 44.7 Å². The van der Waals surface area contributed by atoms with Crippen LogP contribution in [0.2, 0.25) is 0 Å².